The number of carbonyl (C=O) groups is 1. The van der Waals surface area contributed by atoms with Gasteiger partial charge in [0.2, 0.25) is 0 Å². The quantitative estimate of drug-likeness (QED) is 0.699. The second-order valence-corrected chi connectivity index (χ2v) is 5.29. The van der Waals surface area contributed by atoms with E-state index in [0.29, 0.717) is 29.9 Å². The van der Waals surface area contributed by atoms with Gasteiger partial charge in [0.25, 0.3) is 5.91 Å². The first kappa shape index (κ1) is 13.9. The van der Waals surface area contributed by atoms with Crippen LogP contribution in [0.25, 0.3) is 0 Å². The second kappa shape index (κ2) is 6.10. The Morgan fingerprint density at radius 3 is 2.95 bits per heavy atom. The van der Waals surface area contributed by atoms with Gasteiger partial charge < -0.3 is 20.7 Å². The molecule has 1 unspecified atom stereocenters. The van der Waals surface area contributed by atoms with Gasteiger partial charge in [0, 0.05) is 25.4 Å². The highest BCUT2D eigenvalue weighted by Gasteiger charge is 2.27. The van der Waals surface area contributed by atoms with Gasteiger partial charge in [-0.1, -0.05) is 13.3 Å². The molecule has 1 aliphatic carbocycles. The fraction of sp³-hybridized carbons (Fsp3) is 0.643. The summed E-state index contributed by atoms with van der Waals surface area (Å²) in [5, 5.41) is 11.9. The van der Waals surface area contributed by atoms with E-state index in [0.717, 1.165) is 25.7 Å². The minimum atomic E-state index is -0.0695. The molecule has 0 aliphatic heterocycles. The molecule has 0 saturated heterocycles. The summed E-state index contributed by atoms with van der Waals surface area (Å²) in [5.74, 6) is 0.260. The van der Waals surface area contributed by atoms with Crippen molar-refractivity contribution in [2.75, 3.05) is 18.9 Å². The fourth-order valence-corrected chi connectivity index (χ4v) is 2.30. The summed E-state index contributed by atoms with van der Waals surface area (Å²) in [7, 11) is 0. The van der Waals surface area contributed by atoms with Crippen molar-refractivity contribution >= 4 is 11.6 Å². The molecule has 0 radical (unpaired) electrons. The van der Waals surface area contributed by atoms with E-state index in [9.17, 15) is 4.79 Å². The smallest absolute Gasteiger partial charge is 0.268 e. The van der Waals surface area contributed by atoms with Gasteiger partial charge in [-0.25, -0.2) is 0 Å². The van der Waals surface area contributed by atoms with Crippen LogP contribution in [0.2, 0.25) is 0 Å². The monoisotopic (exact) mass is 265 g/mol. The van der Waals surface area contributed by atoms with Gasteiger partial charge in [0.15, 0.2) is 0 Å². The maximum absolute atomic E-state index is 12.2. The summed E-state index contributed by atoms with van der Waals surface area (Å²) in [4.78, 5) is 12.2. The van der Waals surface area contributed by atoms with Crippen LogP contribution in [0.1, 0.15) is 49.1 Å². The number of amides is 1. The number of aliphatic hydroxyl groups is 1. The van der Waals surface area contributed by atoms with Crippen LogP contribution < -0.4 is 11.1 Å². The van der Waals surface area contributed by atoms with E-state index in [1.54, 1.807) is 6.07 Å². The van der Waals surface area contributed by atoms with Gasteiger partial charge in [0.1, 0.15) is 5.69 Å². The molecule has 19 heavy (non-hydrogen) atoms. The molecule has 1 heterocycles. The number of nitrogens with one attached hydrogen (secondary N) is 1. The summed E-state index contributed by atoms with van der Waals surface area (Å²) >= 11 is 0. The first-order chi connectivity index (χ1) is 9.15. The molecule has 1 amide bonds. The first-order valence-corrected chi connectivity index (χ1v) is 7.02. The lowest BCUT2D eigenvalue weighted by Gasteiger charge is -2.15. The molecular formula is C14H23N3O2. The van der Waals surface area contributed by atoms with E-state index in [-0.39, 0.29) is 12.5 Å². The van der Waals surface area contributed by atoms with Crippen molar-refractivity contribution < 1.29 is 9.90 Å². The zero-order valence-electron chi connectivity index (χ0n) is 11.4. The molecule has 2 rings (SSSR count). The minimum absolute atomic E-state index is 0.0695. The average molecular weight is 265 g/mol. The zero-order valence-corrected chi connectivity index (χ0v) is 11.4. The number of hydrogen-bond donors (Lipinski definition) is 3. The fourth-order valence-electron chi connectivity index (χ4n) is 2.30. The van der Waals surface area contributed by atoms with Crippen LogP contribution >= 0.6 is 0 Å². The van der Waals surface area contributed by atoms with Crippen molar-refractivity contribution in [2.24, 2.45) is 5.92 Å². The molecule has 0 bridgehead atoms. The molecular weight excluding hydrogens is 242 g/mol. The molecule has 1 aromatic rings. The standard InChI is InChI=1S/C14H23N3O2/c1-2-10(5-6-18)8-16-14(19)13-7-11(15)9-17(13)12-3-4-12/h7,9-10,12,18H,2-6,8,15H2,1H3,(H,16,19). The second-order valence-electron chi connectivity index (χ2n) is 5.29. The predicted octanol–water partition coefficient (Wildman–Crippen LogP) is 1.54. The number of nitrogens with zero attached hydrogens (tertiary/aromatic N) is 1. The summed E-state index contributed by atoms with van der Waals surface area (Å²) in [6.45, 7) is 2.84. The number of carbonyl (C=O) groups excluding carboxylic acids is 1. The molecule has 5 heteroatoms. The normalized spacial score (nSPS) is 16.3. The lowest BCUT2D eigenvalue weighted by atomic mass is 10.0. The molecule has 4 N–H and O–H groups in total. The lowest BCUT2D eigenvalue weighted by Crippen LogP contribution is -2.31. The van der Waals surface area contributed by atoms with Crippen LogP contribution in [0.5, 0.6) is 0 Å². The SMILES string of the molecule is CCC(CCO)CNC(=O)c1cc(N)cn1C1CC1. The molecule has 1 aromatic heterocycles. The van der Waals surface area contributed by atoms with Crippen LogP contribution in [0, 0.1) is 5.92 Å². The van der Waals surface area contributed by atoms with Crippen molar-refractivity contribution in [3.8, 4) is 0 Å². The lowest BCUT2D eigenvalue weighted by molar-refractivity contribution is 0.0934. The van der Waals surface area contributed by atoms with Crippen molar-refractivity contribution in [1.29, 1.82) is 0 Å². The molecule has 1 atom stereocenters. The predicted molar refractivity (Wildman–Crippen MR) is 74.9 cm³/mol. The highest BCUT2D eigenvalue weighted by Crippen LogP contribution is 2.37. The highest BCUT2D eigenvalue weighted by molar-refractivity contribution is 5.93. The number of nitrogen functional groups attached to an aromatic ring is 1. The van der Waals surface area contributed by atoms with Crippen molar-refractivity contribution in [1.82, 2.24) is 9.88 Å². The van der Waals surface area contributed by atoms with E-state index < -0.39 is 0 Å². The largest absolute Gasteiger partial charge is 0.397 e. The van der Waals surface area contributed by atoms with Gasteiger partial charge in [-0.15, -0.1) is 0 Å². The van der Waals surface area contributed by atoms with Crippen molar-refractivity contribution in [2.45, 2.75) is 38.6 Å². The van der Waals surface area contributed by atoms with Gasteiger partial charge in [-0.2, -0.15) is 0 Å². The Hall–Kier alpha value is -1.49. The number of aromatic nitrogens is 1. The van der Waals surface area contributed by atoms with Crippen LogP contribution in [0.15, 0.2) is 12.3 Å². The summed E-state index contributed by atoms with van der Waals surface area (Å²) in [5.41, 5.74) is 7.07. The van der Waals surface area contributed by atoms with Gasteiger partial charge in [-0.05, 0) is 31.2 Å². The van der Waals surface area contributed by atoms with Gasteiger partial charge in [-0.3, -0.25) is 4.79 Å². The maximum atomic E-state index is 12.2. The summed E-state index contributed by atoms with van der Waals surface area (Å²) < 4.78 is 1.98. The Morgan fingerprint density at radius 2 is 2.37 bits per heavy atom. The van der Waals surface area contributed by atoms with Crippen LogP contribution in [0.3, 0.4) is 0 Å². The zero-order chi connectivity index (χ0) is 13.8. The van der Waals surface area contributed by atoms with E-state index in [1.807, 2.05) is 10.8 Å². The van der Waals surface area contributed by atoms with Crippen LogP contribution in [-0.2, 0) is 0 Å². The van der Waals surface area contributed by atoms with Gasteiger partial charge >= 0.3 is 0 Å². The Balaban J connectivity index is 1.95. The molecule has 0 aromatic carbocycles. The van der Waals surface area contributed by atoms with Crippen molar-refractivity contribution in [3.63, 3.8) is 0 Å². The average Bonchev–Trinajstić information content (AvgIpc) is 3.17. The van der Waals surface area contributed by atoms with E-state index in [2.05, 4.69) is 12.2 Å². The Morgan fingerprint density at radius 1 is 1.63 bits per heavy atom. The topological polar surface area (TPSA) is 80.3 Å². The third-order valence-electron chi connectivity index (χ3n) is 3.71. The number of aliphatic hydroxyl groups excluding tert-OH is 1. The first-order valence-electron chi connectivity index (χ1n) is 7.02. The minimum Gasteiger partial charge on any atom is -0.397 e. The van der Waals surface area contributed by atoms with Crippen LogP contribution in [-0.4, -0.2) is 28.7 Å². The third-order valence-corrected chi connectivity index (χ3v) is 3.71. The number of hydrogen-bond acceptors (Lipinski definition) is 3. The summed E-state index contributed by atoms with van der Waals surface area (Å²) in [6, 6.07) is 2.18. The van der Waals surface area contributed by atoms with Gasteiger partial charge in [0.05, 0.1) is 5.69 Å². The number of rotatable bonds is 7. The molecule has 106 valence electrons. The van der Waals surface area contributed by atoms with E-state index in [4.69, 9.17) is 10.8 Å². The Bertz CT molecular complexity index is 438. The molecule has 1 aliphatic rings. The molecule has 1 fully saturated rings. The van der Waals surface area contributed by atoms with E-state index in [1.165, 1.54) is 0 Å². The highest BCUT2D eigenvalue weighted by atomic mass is 16.3. The van der Waals surface area contributed by atoms with E-state index >= 15 is 0 Å². The molecule has 5 nitrogen and oxygen atoms in total. The third kappa shape index (κ3) is 3.50. The Kier molecular flexibility index (Phi) is 4.47. The van der Waals surface area contributed by atoms with Crippen molar-refractivity contribution in [3.05, 3.63) is 18.0 Å². The number of anilines is 1. The maximum Gasteiger partial charge on any atom is 0.268 e. The summed E-state index contributed by atoms with van der Waals surface area (Å²) in [6.07, 6.45) is 5.76. The molecule has 1 saturated carbocycles. The number of nitrogens with two attached hydrogens (primary N) is 1. The van der Waals surface area contributed by atoms with Crippen LogP contribution in [0.4, 0.5) is 5.69 Å². The molecule has 0 spiro atoms. The Labute approximate surface area is 113 Å².